The summed E-state index contributed by atoms with van der Waals surface area (Å²) in [4.78, 5) is 12.6. The van der Waals surface area contributed by atoms with Gasteiger partial charge >= 0.3 is 0 Å². The van der Waals surface area contributed by atoms with Gasteiger partial charge in [-0.25, -0.2) is 0 Å². The summed E-state index contributed by atoms with van der Waals surface area (Å²) in [6.45, 7) is 4.75. The van der Waals surface area contributed by atoms with Crippen molar-refractivity contribution in [2.75, 3.05) is 13.7 Å². The molecule has 19 heavy (non-hydrogen) atoms. The molecule has 1 aromatic carbocycles. The number of nitrogens with one attached hydrogen (secondary N) is 1. The van der Waals surface area contributed by atoms with Crippen LogP contribution < -0.4 is 10.1 Å². The van der Waals surface area contributed by atoms with E-state index < -0.39 is 0 Å². The summed E-state index contributed by atoms with van der Waals surface area (Å²) < 4.78 is 6.16. The fourth-order valence-electron chi connectivity index (χ4n) is 1.70. The lowest BCUT2D eigenvalue weighted by Gasteiger charge is -2.06. The third-order valence-corrected chi connectivity index (χ3v) is 4.39. The molecule has 1 aromatic heterocycles. The van der Waals surface area contributed by atoms with Crippen LogP contribution in [0.4, 0.5) is 0 Å². The second kappa shape index (κ2) is 5.80. The molecule has 0 fully saturated rings. The predicted octanol–water partition coefficient (Wildman–Crippen LogP) is 3.95. The van der Waals surface area contributed by atoms with Gasteiger partial charge in [0.1, 0.15) is 10.6 Å². The van der Waals surface area contributed by atoms with E-state index in [4.69, 9.17) is 16.3 Å². The Hall–Kier alpha value is -1.26. The average molecular weight is 298 g/mol. The summed E-state index contributed by atoms with van der Waals surface area (Å²) in [6.07, 6.45) is 0. The maximum atomic E-state index is 12.1. The van der Waals surface area contributed by atoms with Crippen molar-refractivity contribution in [1.29, 1.82) is 0 Å². The Labute approximate surface area is 121 Å². The van der Waals surface area contributed by atoms with Crippen LogP contribution in [0.5, 0.6) is 5.75 Å². The molecule has 5 heteroatoms. The molecule has 2 aromatic rings. The fraction of sp³-hybridized carbons (Fsp3) is 0.357. The van der Waals surface area contributed by atoms with Gasteiger partial charge in [-0.05, 0) is 24.1 Å². The smallest absolute Gasteiger partial charge is 0.262 e. The van der Waals surface area contributed by atoms with Gasteiger partial charge in [0.15, 0.2) is 0 Å². The number of ether oxygens (including phenoxy) is 1. The highest BCUT2D eigenvalue weighted by atomic mass is 35.5. The SMILES string of the molecule is COc1ccc2sc(C(=O)NCC(C)C)c(Cl)c2c1. The van der Waals surface area contributed by atoms with Crippen molar-refractivity contribution in [3.63, 3.8) is 0 Å². The summed E-state index contributed by atoms with van der Waals surface area (Å²) >= 11 is 7.69. The minimum atomic E-state index is -0.112. The molecule has 0 spiro atoms. The van der Waals surface area contributed by atoms with Gasteiger partial charge in [-0.2, -0.15) is 0 Å². The Kier molecular flexibility index (Phi) is 4.32. The molecule has 3 nitrogen and oxygen atoms in total. The van der Waals surface area contributed by atoms with Crippen molar-refractivity contribution < 1.29 is 9.53 Å². The molecule has 0 unspecified atom stereocenters. The number of carbonyl (C=O) groups is 1. The lowest BCUT2D eigenvalue weighted by atomic mass is 10.2. The summed E-state index contributed by atoms with van der Waals surface area (Å²) in [5.74, 6) is 1.04. The fourth-order valence-corrected chi connectivity index (χ4v) is 3.10. The Morgan fingerprint density at radius 2 is 2.21 bits per heavy atom. The van der Waals surface area contributed by atoms with Gasteiger partial charge < -0.3 is 10.1 Å². The first kappa shape index (κ1) is 14.2. The van der Waals surface area contributed by atoms with Gasteiger partial charge in [0, 0.05) is 16.6 Å². The van der Waals surface area contributed by atoms with Crippen molar-refractivity contribution in [2.24, 2.45) is 5.92 Å². The van der Waals surface area contributed by atoms with Crippen molar-refractivity contribution in [2.45, 2.75) is 13.8 Å². The van der Waals surface area contributed by atoms with Crippen LogP contribution in [-0.2, 0) is 0 Å². The van der Waals surface area contributed by atoms with Crippen molar-refractivity contribution in [3.05, 3.63) is 28.1 Å². The summed E-state index contributed by atoms with van der Waals surface area (Å²) in [6, 6.07) is 5.64. The number of methoxy groups -OCH3 is 1. The zero-order valence-corrected chi connectivity index (χ0v) is 12.7. The number of rotatable bonds is 4. The number of halogens is 1. The van der Waals surface area contributed by atoms with Gasteiger partial charge in [0.25, 0.3) is 5.91 Å². The second-order valence-corrected chi connectivity index (χ2v) is 6.14. The van der Waals surface area contributed by atoms with E-state index >= 15 is 0 Å². The number of hydrogen-bond donors (Lipinski definition) is 1. The molecule has 0 saturated heterocycles. The minimum Gasteiger partial charge on any atom is -0.497 e. The molecular weight excluding hydrogens is 282 g/mol. The van der Waals surface area contributed by atoms with Crippen LogP contribution in [0.15, 0.2) is 18.2 Å². The second-order valence-electron chi connectivity index (χ2n) is 4.71. The molecular formula is C14H16ClNO2S. The lowest BCUT2D eigenvalue weighted by Crippen LogP contribution is -2.26. The van der Waals surface area contributed by atoms with Gasteiger partial charge in [-0.3, -0.25) is 4.79 Å². The third-order valence-electron chi connectivity index (χ3n) is 2.71. The largest absolute Gasteiger partial charge is 0.497 e. The Morgan fingerprint density at radius 3 is 2.84 bits per heavy atom. The van der Waals surface area contributed by atoms with Crippen LogP contribution in [0.3, 0.4) is 0 Å². The first-order valence-corrected chi connectivity index (χ1v) is 7.26. The summed E-state index contributed by atoms with van der Waals surface area (Å²) in [5, 5.41) is 4.25. The molecule has 0 radical (unpaired) electrons. The summed E-state index contributed by atoms with van der Waals surface area (Å²) in [5.41, 5.74) is 0. The van der Waals surface area contributed by atoms with E-state index in [1.165, 1.54) is 11.3 Å². The standard InChI is InChI=1S/C14H16ClNO2S/c1-8(2)7-16-14(17)13-12(15)10-6-9(18-3)4-5-11(10)19-13/h4-6,8H,7H2,1-3H3,(H,16,17). The number of amides is 1. The zero-order chi connectivity index (χ0) is 14.0. The van der Waals surface area contributed by atoms with Crippen molar-refractivity contribution in [3.8, 4) is 5.75 Å². The topological polar surface area (TPSA) is 38.3 Å². The Bertz CT molecular complexity index is 607. The maximum absolute atomic E-state index is 12.1. The van der Waals surface area contributed by atoms with Crippen LogP contribution in [0.25, 0.3) is 10.1 Å². The monoisotopic (exact) mass is 297 g/mol. The predicted molar refractivity (Wildman–Crippen MR) is 80.6 cm³/mol. The number of hydrogen-bond acceptors (Lipinski definition) is 3. The minimum absolute atomic E-state index is 0.112. The van der Waals surface area contributed by atoms with E-state index in [0.717, 1.165) is 15.8 Å². The van der Waals surface area contributed by atoms with Gasteiger partial charge in [-0.1, -0.05) is 25.4 Å². The van der Waals surface area contributed by atoms with E-state index in [0.29, 0.717) is 22.4 Å². The van der Waals surface area contributed by atoms with Crippen LogP contribution in [0, 0.1) is 5.92 Å². The molecule has 1 heterocycles. The van der Waals surface area contributed by atoms with Crippen LogP contribution >= 0.6 is 22.9 Å². The van der Waals surface area contributed by atoms with E-state index in [9.17, 15) is 4.79 Å². The first-order valence-electron chi connectivity index (χ1n) is 6.07. The van der Waals surface area contributed by atoms with E-state index in [1.54, 1.807) is 7.11 Å². The van der Waals surface area contributed by atoms with Crippen molar-refractivity contribution in [1.82, 2.24) is 5.32 Å². The van der Waals surface area contributed by atoms with Crippen LogP contribution in [0.1, 0.15) is 23.5 Å². The van der Waals surface area contributed by atoms with Crippen LogP contribution in [-0.4, -0.2) is 19.6 Å². The van der Waals surface area contributed by atoms with Gasteiger partial charge in [0.2, 0.25) is 0 Å². The highest BCUT2D eigenvalue weighted by molar-refractivity contribution is 7.21. The van der Waals surface area contributed by atoms with Crippen molar-refractivity contribution >= 4 is 38.9 Å². The van der Waals surface area contributed by atoms with Crippen LogP contribution in [0.2, 0.25) is 5.02 Å². The quantitative estimate of drug-likeness (QED) is 0.928. The molecule has 0 aliphatic rings. The zero-order valence-electron chi connectivity index (χ0n) is 11.1. The maximum Gasteiger partial charge on any atom is 0.262 e. The number of benzene rings is 1. The molecule has 0 bridgehead atoms. The Balaban J connectivity index is 2.34. The highest BCUT2D eigenvalue weighted by Gasteiger charge is 2.17. The number of thiophene rings is 1. The van der Waals surface area contributed by atoms with Gasteiger partial charge in [-0.15, -0.1) is 11.3 Å². The van der Waals surface area contributed by atoms with Gasteiger partial charge in [0.05, 0.1) is 12.1 Å². The first-order chi connectivity index (χ1) is 9.02. The third kappa shape index (κ3) is 3.01. The normalized spacial score (nSPS) is 11.0. The molecule has 0 atom stereocenters. The number of carbonyl (C=O) groups excluding carboxylic acids is 1. The summed E-state index contributed by atoms with van der Waals surface area (Å²) in [7, 11) is 1.61. The molecule has 0 saturated carbocycles. The van der Waals surface area contributed by atoms with E-state index in [-0.39, 0.29) is 5.91 Å². The number of fused-ring (bicyclic) bond motifs is 1. The molecule has 1 amide bonds. The Morgan fingerprint density at radius 1 is 1.47 bits per heavy atom. The highest BCUT2D eigenvalue weighted by Crippen LogP contribution is 2.37. The average Bonchev–Trinajstić information content (AvgIpc) is 2.73. The van der Waals surface area contributed by atoms with E-state index in [2.05, 4.69) is 19.2 Å². The molecule has 0 aliphatic heterocycles. The molecule has 102 valence electrons. The lowest BCUT2D eigenvalue weighted by molar-refractivity contribution is 0.0953. The molecule has 2 rings (SSSR count). The van der Waals surface area contributed by atoms with E-state index in [1.807, 2.05) is 18.2 Å². The molecule has 1 N–H and O–H groups in total. The molecule has 0 aliphatic carbocycles.